The molecule has 0 saturated heterocycles. The van der Waals surface area contributed by atoms with Crippen LogP contribution in [0, 0.1) is 0 Å². The lowest BCUT2D eigenvalue weighted by Crippen LogP contribution is -1.99. The van der Waals surface area contributed by atoms with Crippen LogP contribution >= 0.6 is 23.0 Å². The monoisotopic (exact) mass is 283 g/mol. The number of halogens is 1. The third kappa shape index (κ3) is 2.06. The van der Waals surface area contributed by atoms with Gasteiger partial charge >= 0.3 is 18.0 Å². The molecule has 1 aromatic rings. The minimum atomic E-state index is 0.152. The summed E-state index contributed by atoms with van der Waals surface area (Å²) < 4.78 is 14.3. The molecule has 0 saturated carbocycles. The van der Waals surface area contributed by atoms with E-state index in [0.29, 0.717) is 0 Å². The molecule has 0 atom stereocenters. The van der Waals surface area contributed by atoms with Crippen LogP contribution in [0.15, 0.2) is 0 Å². The molecule has 0 unspecified atom stereocenters. The number of methoxy groups -OCH3 is 2. The van der Waals surface area contributed by atoms with Gasteiger partial charge in [-0.2, -0.15) is 0 Å². The van der Waals surface area contributed by atoms with Gasteiger partial charge in [-0.3, -0.25) is 0 Å². The highest BCUT2D eigenvalue weighted by molar-refractivity contribution is 14.1. The van der Waals surface area contributed by atoms with Crippen molar-refractivity contribution in [1.29, 1.82) is 0 Å². The van der Waals surface area contributed by atoms with Crippen molar-refractivity contribution in [1.82, 2.24) is 15.0 Å². The summed E-state index contributed by atoms with van der Waals surface area (Å²) in [5.74, 6) is 0. The van der Waals surface area contributed by atoms with Crippen molar-refractivity contribution in [3.8, 4) is 18.0 Å². The Labute approximate surface area is 83.0 Å². The quantitative estimate of drug-likeness (QED) is 0.757. The number of hydrogen-bond donors (Lipinski definition) is 0. The van der Waals surface area contributed by atoms with Gasteiger partial charge in [-0.1, -0.05) is 0 Å². The highest BCUT2D eigenvalue weighted by atomic mass is 127. The van der Waals surface area contributed by atoms with Crippen molar-refractivity contribution in [2.45, 2.75) is 0 Å². The van der Waals surface area contributed by atoms with Gasteiger partial charge in [0.15, 0.2) is 23.0 Å². The second-order valence-electron chi connectivity index (χ2n) is 1.67. The van der Waals surface area contributed by atoms with Gasteiger partial charge in [0.2, 0.25) is 0 Å². The van der Waals surface area contributed by atoms with Crippen LogP contribution in [-0.4, -0.2) is 29.2 Å². The Morgan fingerprint density at radius 3 is 1.67 bits per heavy atom. The number of aromatic nitrogens is 3. The van der Waals surface area contributed by atoms with Crippen LogP contribution in [-0.2, 0) is 0 Å². The zero-order chi connectivity index (χ0) is 8.97. The summed E-state index contributed by atoms with van der Waals surface area (Å²) in [5, 5.41) is 0. The predicted molar refractivity (Wildman–Crippen MR) is 47.6 cm³/mol. The van der Waals surface area contributed by atoms with Crippen LogP contribution in [0.25, 0.3) is 0 Å². The largest absolute Gasteiger partial charge is 0.467 e. The SMILES string of the molecule is COc1nc(OC)nc(OI)n1. The Morgan fingerprint density at radius 2 is 1.33 bits per heavy atom. The van der Waals surface area contributed by atoms with Gasteiger partial charge in [0.25, 0.3) is 0 Å². The summed E-state index contributed by atoms with van der Waals surface area (Å²) in [5.41, 5.74) is 0. The lowest BCUT2D eigenvalue weighted by Gasteiger charge is -2.01. The summed E-state index contributed by atoms with van der Waals surface area (Å²) in [4.78, 5) is 11.3. The van der Waals surface area contributed by atoms with Gasteiger partial charge in [-0.25, -0.2) is 0 Å². The Balaban J connectivity index is 3.01. The summed E-state index contributed by atoms with van der Waals surface area (Å²) in [6.07, 6.45) is 0. The molecule has 7 heteroatoms. The van der Waals surface area contributed by atoms with Crippen LogP contribution in [0.2, 0.25) is 0 Å². The van der Waals surface area contributed by atoms with Gasteiger partial charge < -0.3 is 12.5 Å². The molecule has 0 amide bonds. The summed E-state index contributed by atoms with van der Waals surface area (Å²) >= 11 is 1.66. The second kappa shape index (κ2) is 4.24. The highest BCUT2D eigenvalue weighted by Crippen LogP contribution is 2.14. The molecule has 66 valence electrons. The lowest BCUT2D eigenvalue weighted by atomic mass is 10.9. The van der Waals surface area contributed by atoms with Crippen LogP contribution in [0.5, 0.6) is 18.0 Å². The lowest BCUT2D eigenvalue weighted by molar-refractivity contribution is 0.333. The first-order valence-corrected chi connectivity index (χ1v) is 3.81. The molecule has 0 N–H and O–H groups in total. The van der Waals surface area contributed by atoms with Crippen molar-refractivity contribution in [2.75, 3.05) is 14.2 Å². The number of hydrogen-bond acceptors (Lipinski definition) is 6. The minimum absolute atomic E-state index is 0.152. The van der Waals surface area contributed by atoms with E-state index in [9.17, 15) is 0 Å². The van der Waals surface area contributed by atoms with E-state index in [4.69, 9.17) is 12.5 Å². The van der Waals surface area contributed by atoms with Gasteiger partial charge in [-0.05, 0) is 0 Å². The molecular weight excluding hydrogens is 277 g/mol. The average molecular weight is 283 g/mol. The van der Waals surface area contributed by atoms with Crippen molar-refractivity contribution in [3.63, 3.8) is 0 Å². The molecule has 0 bridgehead atoms. The molecule has 0 aliphatic heterocycles. The van der Waals surface area contributed by atoms with Crippen LogP contribution < -0.4 is 12.5 Å². The normalized spacial score (nSPS) is 9.25. The van der Waals surface area contributed by atoms with Crippen molar-refractivity contribution < 1.29 is 12.5 Å². The predicted octanol–water partition coefficient (Wildman–Crippen LogP) is 0.618. The van der Waals surface area contributed by atoms with Crippen LogP contribution in [0.1, 0.15) is 0 Å². The summed E-state index contributed by atoms with van der Waals surface area (Å²) in [7, 11) is 2.90. The van der Waals surface area contributed by atoms with E-state index in [1.165, 1.54) is 14.2 Å². The molecule has 6 nitrogen and oxygen atoms in total. The maximum atomic E-state index is 4.77. The third-order valence-corrected chi connectivity index (χ3v) is 1.40. The molecule has 1 rings (SSSR count). The van der Waals surface area contributed by atoms with Gasteiger partial charge in [0.1, 0.15) is 0 Å². The molecule has 1 heterocycles. The maximum Gasteiger partial charge on any atom is 0.335 e. The molecule has 0 aliphatic rings. The Morgan fingerprint density at radius 1 is 0.917 bits per heavy atom. The van der Waals surface area contributed by atoms with Gasteiger partial charge in [0.05, 0.1) is 14.2 Å². The number of ether oxygens (including phenoxy) is 2. The molecule has 0 radical (unpaired) electrons. The third-order valence-electron chi connectivity index (χ3n) is 1.01. The van der Waals surface area contributed by atoms with E-state index in [2.05, 4.69) is 15.0 Å². The molecule has 0 spiro atoms. The van der Waals surface area contributed by atoms with E-state index < -0.39 is 0 Å². The van der Waals surface area contributed by atoms with Gasteiger partial charge in [0, 0.05) is 0 Å². The highest BCUT2D eigenvalue weighted by Gasteiger charge is 2.06. The maximum absolute atomic E-state index is 4.77. The molecule has 0 aliphatic carbocycles. The number of rotatable bonds is 3. The van der Waals surface area contributed by atoms with Crippen molar-refractivity contribution in [3.05, 3.63) is 0 Å². The molecule has 12 heavy (non-hydrogen) atoms. The summed E-state index contributed by atoms with van der Waals surface area (Å²) in [6.45, 7) is 0. The molecular formula is C5H6IN3O3. The Hall–Kier alpha value is -0.860. The van der Waals surface area contributed by atoms with E-state index in [-0.39, 0.29) is 18.0 Å². The van der Waals surface area contributed by atoms with Crippen LogP contribution in [0.4, 0.5) is 0 Å². The molecule has 0 aromatic carbocycles. The summed E-state index contributed by atoms with van der Waals surface area (Å²) in [6, 6.07) is 0.473. The first kappa shape index (κ1) is 9.23. The number of nitrogens with zero attached hydrogens (tertiary/aromatic N) is 3. The van der Waals surface area contributed by atoms with E-state index in [1.54, 1.807) is 23.0 Å². The fourth-order valence-electron chi connectivity index (χ4n) is 0.538. The van der Waals surface area contributed by atoms with Crippen molar-refractivity contribution in [2.24, 2.45) is 0 Å². The Kier molecular flexibility index (Phi) is 3.26. The topological polar surface area (TPSA) is 66.4 Å². The second-order valence-corrected chi connectivity index (χ2v) is 2.11. The smallest absolute Gasteiger partial charge is 0.335 e. The minimum Gasteiger partial charge on any atom is -0.467 e. The zero-order valence-electron chi connectivity index (χ0n) is 6.44. The van der Waals surface area contributed by atoms with E-state index >= 15 is 0 Å². The first-order chi connectivity index (χ1) is 5.80. The Bertz CT molecular complexity index is 215. The zero-order valence-corrected chi connectivity index (χ0v) is 8.60. The fraction of sp³-hybridized carbons (Fsp3) is 0.400. The first-order valence-electron chi connectivity index (χ1n) is 2.92. The molecule has 0 fully saturated rings. The fourth-order valence-corrected chi connectivity index (χ4v) is 0.734. The van der Waals surface area contributed by atoms with Gasteiger partial charge in [-0.15, -0.1) is 15.0 Å². The standard InChI is InChI=1S/C5H6IN3O3/c1-10-3-7-4(11-2)9-5(8-3)12-6/h1-2H3. The van der Waals surface area contributed by atoms with E-state index in [0.717, 1.165) is 0 Å². The average Bonchev–Trinajstić information content (AvgIpc) is 2.16. The van der Waals surface area contributed by atoms with Crippen molar-refractivity contribution >= 4 is 23.0 Å². The van der Waals surface area contributed by atoms with E-state index in [1.807, 2.05) is 0 Å². The van der Waals surface area contributed by atoms with Crippen LogP contribution in [0.3, 0.4) is 0 Å². The molecule has 1 aromatic heterocycles.